The average molecular weight is 284 g/mol. The third kappa shape index (κ3) is 2.61. The average Bonchev–Trinajstić information content (AvgIpc) is 2.79. The third-order valence-corrected chi connectivity index (χ3v) is 4.97. The number of aliphatic hydroxyl groups is 1. The fourth-order valence-electron chi connectivity index (χ4n) is 3.11. The summed E-state index contributed by atoms with van der Waals surface area (Å²) in [6.07, 6.45) is 1.89. The van der Waals surface area contributed by atoms with Gasteiger partial charge in [-0.2, -0.15) is 0 Å². The zero-order valence-corrected chi connectivity index (χ0v) is 12.2. The summed E-state index contributed by atoms with van der Waals surface area (Å²) in [5, 5.41) is 18.6. The first-order valence-corrected chi connectivity index (χ1v) is 7.29. The van der Waals surface area contributed by atoms with Gasteiger partial charge in [-0.3, -0.25) is 4.79 Å². The SMILES string of the molecule is CC1CCN(C(=O)N2CCC(C)(C(=O)O)CC2)C1CO. The molecular formula is C14H24N2O4. The highest BCUT2D eigenvalue weighted by molar-refractivity contribution is 5.77. The molecule has 0 saturated carbocycles. The van der Waals surface area contributed by atoms with E-state index in [4.69, 9.17) is 0 Å². The normalized spacial score (nSPS) is 29.6. The minimum absolute atomic E-state index is 0.00636. The molecule has 2 saturated heterocycles. The number of hydrogen-bond donors (Lipinski definition) is 2. The lowest BCUT2D eigenvalue weighted by molar-refractivity contribution is -0.150. The summed E-state index contributed by atoms with van der Waals surface area (Å²) in [5.74, 6) is -0.467. The Balaban J connectivity index is 1.97. The molecule has 0 aliphatic carbocycles. The number of amides is 2. The molecule has 114 valence electrons. The molecule has 0 aromatic heterocycles. The van der Waals surface area contributed by atoms with Gasteiger partial charge < -0.3 is 20.0 Å². The van der Waals surface area contributed by atoms with Gasteiger partial charge in [-0.05, 0) is 32.1 Å². The number of piperidine rings is 1. The van der Waals surface area contributed by atoms with Gasteiger partial charge in [-0.1, -0.05) is 6.92 Å². The molecule has 0 radical (unpaired) electrons. The van der Waals surface area contributed by atoms with Crippen LogP contribution < -0.4 is 0 Å². The molecule has 2 fully saturated rings. The van der Waals surface area contributed by atoms with Gasteiger partial charge in [0.25, 0.3) is 0 Å². The van der Waals surface area contributed by atoms with E-state index in [0.29, 0.717) is 38.4 Å². The molecular weight excluding hydrogens is 260 g/mol. The lowest BCUT2D eigenvalue weighted by Gasteiger charge is -2.39. The smallest absolute Gasteiger partial charge is 0.320 e. The lowest BCUT2D eigenvalue weighted by Crippen LogP contribution is -2.52. The van der Waals surface area contributed by atoms with Crippen molar-refractivity contribution < 1.29 is 19.8 Å². The maximum absolute atomic E-state index is 12.5. The van der Waals surface area contributed by atoms with Gasteiger partial charge in [0.05, 0.1) is 18.1 Å². The molecule has 0 bridgehead atoms. The van der Waals surface area contributed by atoms with Crippen molar-refractivity contribution in [3.05, 3.63) is 0 Å². The number of hydrogen-bond acceptors (Lipinski definition) is 3. The van der Waals surface area contributed by atoms with E-state index in [9.17, 15) is 19.8 Å². The minimum atomic E-state index is -0.785. The van der Waals surface area contributed by atoms with E-state index in [0.717, 1.165) is 6.42 Å². The van der Waals surface area contributed by atoms with Crippen LogP contribution in [0.5, 0.6) is 0 Å². The highest BCUT2D eigenvalue weighted by Gasteiger charge is 2.41. The van der Waals surface area contributed by atoms with Gasteiger partial charge >= 0.3 is 12.0 Å². The fourth-order valence-corrected chi connectivity index (χ4v) is 3.11. The molecule has 2 unspecified atom stereocenters. The Hall–Kier alpha value is -1.30. The number of carboxylic acid groups (broad SMARTS) is 1. The molecule has 2 atom stereocenters. The first-order chi connectivity index (χ1) is 9.39. The number of aliphatic carboxylic acids is 1. The van der Waals surface area contributed by atoms with Crippen LogP contribution in [0.15, 0.2) is 0 Å². The van der Waals surface area contributed by atoms with Crippen molar-refractivity contribution >= 4 is 12.0 Å². The summed E-state index contributed by atoms with van der Waals surface area (Å²) in [4.78, 5) is 27.2. The Kier molecular flexibility index (Phi) is 4.22. The molecule has 20 heavy (non-hydrogen) atoms. The maximum atomic E-state index is 12.5. The molecule has 2 amide bonds. The van der Waals surface area contributed by atoms with Crippen molar-refractivity contribution in [3.8, 4) is 0 Å². The van der Waals surface area contributed by atoms with Crippen LogP contribution in [-0.2, 0) is 4.79 Å². The maximum Gasteiger partial charge on any atom is 0.320 e. The summed E-state index contributed by atoms with van der Waals surface area (Å²) >= 11 is 0. The van der Waals surface area contributed by atoms with E-state index >= 15 is 0 Å². The van der Waals surface area contributed by atoms with Crippen LogP contribution in [0.25, 0.3) is 0 Å². The predicted octanol–water partition coefficient (Wildman–Crippen LogP) is 0.996. The molecule has 0 aromatic rings. The number of rotatable bonds is 2. The first-order valence-electron chi connectivity index (χ1n) is 7.29. The summed E-state index contributed by atoms with van der Waals surface area (Å²) in [6, 6.07) is -0.156. The highest BCUT2D eigenvalue weighted by atomic mass is 16.4. The first kappa shape index (κ1) is 15.1. The van der Waals surface area contributed by atoms with Crippen LogP contribution >= 0.6 is 0 Å². The molecule has 0 aromatic carbocycles. The number of aliphatic hydroxyl groups excluding tert-OH is 1. The van der Waals surface area contributed by atoms with Crippen molar-refractivity contribution in [1.29, 1.82) is 0 Å². The predicted molar refractivity (Wildman–Crippen MR) is 73.3 cm³/mol. The van der Waals surface area contributed by atoms with Crippen molar-refractivity contribution in [3.63, 3.8) is 0 Å². The molecule has 2 aliphatic rings. The number of likely N-dealkylation sites (tertiary alicyclic amines) is 2. The zero-order chi connectivity index (χ0) is 14.9. The van der Waals surface area contributed by atoms with E-state index in [1.165, 1.54) is 0 Å². The van der Waals surface area contributed by atoms with Gasteiger partial charge in [0, 0.05) is 19.6 Å². The van der Waals surface area contributed by atoms with E-state index in [1.807, 2.05) is 6.92 Å². The van der Waals surface area contributed by atoms with E-state index < -0.39 is 11.4 Å². The second kappa shape index (κ2) is 5.60. The third-order valence-electron chi connectivity index (χ3n) is 4.97. The van der Waals surface area contributed by atoms with Gasteiger partial charge in [0.15, 0.2) is 0 Å². The lowest BCUT2D eigenvalue weighted by atomic mass is 9.80. The van der Waals surface area contributed by atoms with Crippen molar-refractivity contribution in [2.45, 2.75) is 39.2 Å². The van der Waals surface area contributed by atoms with Crippen LogP contribution in [0.2, 0.25) is 0 Å². The van der Waals surface area contributed by atoms with Gasteiger partial charge in [0.2, 0.25) is 0 Å². The number of nitrogens with zero attached hydrogens (tertiary/aromatic N) is 2. The van der Waals surface area contributed by atoms with Crippen LogP contribution in [-0.4, -0.2) is 64.3 Å². The summed E-state index contributed by atoms with van der Waals surface area (Å²) in [6.45, 7) is 5.41. The molecule has 2 aliphatic heterocycles. The van der Waals surface area contributed by atoms with E-state index in [-0.39, 0.29) is 18.7 Å². The molecule has 6 nitrogen and oxygen atoms in total. The Morgan fingerprint density at radius 3 is 2.35 bits per heavy atom. The second-order valence-corrected chi connectivity index (χ2v) is 6.34. The molecule has 0 spiro atoms. The monoisotopic (exact) mass is 284 g/mol. The number of urea groups is 1. The second-order valence-electron chi connectivity index (χ2n) is 6.34. The Morgan fingerprint density at radius 1 is 1.25 bits per heavy atom. The van der Waals surface area contributed by atoms with Crippen molar-refractivity contribution in [2.75, 3.05) is 26.2 Å². The zero-order valence-electron chi connectivity index (χ0n) is 12.2. The van der Waals surface area contributed by atoms with Crippen molar-refractivity contribution in [1.82, 2.24) is 9.80 Å². The number of carbonyl (C=O) groups is 2. The Labute approximate surface area is 119 Å². The molecule has 6 heteroatoms. The highest BCUT2D eigenvalue weighted by Crippen LogP contribution is 2.32. The quantitative estimate of drug-likeness (QED) is 0.792. The van der Waals surface area contributed by atoms with Crippen molar-refractivity contribution in [2.24, 2.45) is 11.3 Å². The van der Waals surface area contributed by atoms with Crippen LogP contribution in [0, 0.1) is 11.3 Å². The molecule has 2 N–H and O–H groups in total. The van der Waals surface area contributed by atoms with Crippen LogP contribution in [0.4, 0.5) is 4.79 Å². The molecule has 2 heterocycles. The number of carbonyl (C=O) groups excluding carboxylic acids is 1. The molecule has 2 rings (SSSR count). The standard InChI is InChI=1S/C14H24N2O4/c1-10-3-6-16(11(10)9-17)13(20)15-7-4-14(2,5-8-15)12(18)19/h10-11,17H,3-9H2,1-2H3,(H,18,19). The van der Waals surface area contributed by atoms with Gasteiger partial charge in [-0.25, -0.2) is 4.79 Å². The fraction of sp³-hybridized carbons (Fsp3) is 0.857. The van der Waals surface area contributed by atoms with Gasteiger partial charge in [0.1, 0.15) is 0 Å². The van der Waals surface area contributed by atoms with Crippen LogP contribution in [0.1, 0.15) is 33.1 Å². The summed E-state index contributed by atoms with van der Waals surface area (Å²) < 4.78 is 0. The minimum Gasteiger partial charge on any atom is -0.481 e. The van der Waals surface area contributed by atoms with E-state index in [1.54, 1.807) is 16.7 Å². The Bertz CT molecular complexity index is 391. The summed E-state index contributed by atoms with van der Waals surface area (Å²) in [7, 11) is 0. The number of carboxylic acids is 1. The largest absolute Gasteiger partial charge is 0.481 e. The topological polar surface area (TPSA) is 81.1 Å². The van der Waals surface area contributed by atoms with E-state index in [2.05, 4.69) is 0 Å². The van der Waals surface area contributed by atoms with Gasteiger partial charge in [-0.15, -0.1) is 0 Å². The Morgan fingerprint density at radius 2 is 1.85 bits per heavy atom. The summed E-state index contributed by atoms with van der Waals surface area (Å²) in [5.41, 5.74) is -0.717. The van der Waals surface area contributed by atoms with Crippen LogP contribution in [0.3, 0.4) is 0 Å².